The van der Waals surface area contributed by atoms with E-state index in [2.05, 4.69) is 31.2 Å². The first-order valence-corrected chi connectivity index (χ1v) is 2.87. The quantitative estimate of drug-likeness (QED) is 0.285. The Morgan fingerprint density at radius 1 is 1.56 bits per heavy atom. The molecular weight excluding hydrogens is 154 g/mol. The van der Waals surface area contributed by atoms with E-state index in [1.54, 1.807) is 0 Å². The summed E-state index contributed by atoms with van der Waals surface area (Å²) < 4.78 is 0.171. The molecule has 0 heterocycles. The van der Waals surface area contributed by atoms with Gasteiger partial charge in [0.15, 0.2) is 0 Å². The number of rotatable bonds is 1. The molecule has 0 atom stereocenters. The average Bonchev–Trinajstić information content (AvgIpc) is 1.64. The predicted molar refractivity (Wildman–Crippen MR) is 43.0 cm³/mol. The van der Waals surface area contributed by atoms with Gasteiger partial charge in [-0.1, -0.05) is 5.92 Å². The summed E-state index contributed by atoms with van der Waals surface area (Å²) >= 11 is 7.43. The summed E-state index contributed by atoms with van der Waals surface area (Å²) in [6, 6.07) is 0. The molecule has 4 heteroatoms. The summed E-state index contributed by atoms with van der Waals surface area (Å²) in [5.41, 5.74) is 4.81. The van der Waals surface area contributed by atoms with Crippen LogP contribution in [0.3, 0.4) is 0 Å². The molecule has 48 valence electrons. The van der Waals surface area contributed by atoms with E-state index in [4.69, 9.17) is 12.2 Å². The highest BCUT2D eigenvalue weighted by atomic mass is 32.2. The van der Waals surface area contributed by atoms with Gasteiger partial charge in [0.1, 0.15) is 5.57 Å². The third kappa shape index (κ3) is 2.49. The second-order valence-electron chi connectivity index (χ2n) is 1.21. The van der Waals surface area contributed by atoms with Crippen LogP contribution in [0.25, 0.3) is 0 Å². The number of thiol groups is 2. The van der Waals surface area contributed by atoms with Crippen LogP contribution in [-0.2, 0) is 4.79 Å². The van der Waals surface area contributed by atoms with Crippen molar-refractivity contribution in [3.05, 3.63) is 9.81 Å². The van der Waals surface area contributed by atoms with Gasteiger partial charge in [-0.3, -0.25) is 4.79 Å². The zero-order valence-electron chi connectivity index (χ0n) is 4.46. The number of carbonyl (C=O) groups is 1. The van der Waals surface area contributed by atoms with Crippen molar-refractivity contribution in [1.82, 2.24) is 0 Å². The van der Waals surface area contributed by atoms with E-state index < -0.39 is 5.91 Å². The Bertz CT molecular complexity index is 197. The van der Waals surface area contributed by atoms with E-state index in [1.165, 1.54) is 0 Å². The summed E-state index contributed by atoms with van der Waals surface area (Å²) in [5, 5.41) is 0. The average molecular weight is 159 g/mol. The molecule has 0 aliphatic carbocycles. The van der Waals surface area contributed by atoms with Crippen LogP contribution >= 0.6 is 25.3 Å². The summed E-state index contributed by atoms with van der Waals surface area (Å²) in [6.45, 7) is 0. The molecule has 0 bridgehead atoms. The molecule has 0 saturated heterocycles. The minimum atomic E-state index is -0.683. The molecule has 0 aliphatic heterocycles. The standard InChI is InChI=1S/C5H5NOS2/c1-2-3(4(6)7)5(8)9/h1,8-9H,(H2,6,7). The van der Waals surface area contributed by atoms with Gasteiger partial charge >= 0.3 is 0 Å². The molecule has 1 amide bonds. The first kappa shape index (κ1) is 8.47. The zero-order chi connectivity index (χ0) is 7.44. The number of hydrogen-bond acceptors (Lipinski definition) is 3. The highest BCUT2D eigenvalue weighted by Crippen LogP contribution is 2.10. The summed E-state index contributed by atoms with van der Waals surface area (Å²) in [5.74, 6) is 1.37. The lowest BCUT2D eigenvalue weighted by Crippen LogP contribution is -2.12. The molecule has 0 aromatic rings. The molecule has 2 nitrogen and oxygen atoms in total. The second kappa shape index (κ2) is 3.49. The number of nitrogens with two attached hydrogens (primary N) is 1. The van der Waals surface area contributed by atoms with Crippen LogP contribution in [0.2, 0.25) is 0 Å². The Labute approximate surface area is 64.3 Å². The SMILES string of the molecule is C#CC(C(N)=O)=C(S)S. The van der Waals surface area contributed by atoms with Crippen molar-refractivity contribution in [3.63, 3.8) is 0 Å². The first-order valence-electron chi connectivity index (χ1n) is 1.98. The summed E-state index contributed by atoms with van der Waals surface area (Å²) in [6.07, 6.45) is 4.87. The Morgan fingerprint density at radius 3 is 2.00 bits per heavy atom. The van der Waals surface area contributed by atoms with Crippen LogP contribution in [-0.4, -0.2) is 5.91 Å². The van der Waals surface area contributed by atoms with Gasteiger partial charge in [0.2, 0.25) is 0 Å². The van der Waals surface area contributed by atoms with Crippen molar-refractivity contribution in [1.29, 1.82) is 0 Å². The number of amides is 1. The molecule has 2 N–H and O–H groups in total. The van der Waals surface area contributed by atoms with E-state index in [9.17, 15) is 4.79 Å². The van der Waals surface area contributed by atoms with Gasteiger partial charge in [-0.15, -0.1) is 31.7 Å². The van der Waals surface area contributed by atoms with Gasteiger partial charge in [-0.05, 0) is 0 Å². The Morgan fingerprint density at radius 2 is 2.00 bits per heavy atom. The molecule has 0 aromatic carbocycles. The topological polar surface area (TPSA) is 43.1 Å². The molecule has 0 spiro atoms. The lowest BCUT2D eigenvalue weighted by Gasteiger charge is -1.91. The van der Waals surface area contributed by atoms with Crippen LogP contribution in [0.15, 0.2) is 9.81 Å². The maximum atomic E-state index is 10.3. The largest absolute Gasteiger partial charge is 0.365 e. The predicted octanol–water partition coefficient (Wildman–Crippen LogP) is 0.176. The number of hydrogen-bond donors (Lipinski definition) is 3. The van der Waals surface area contributed by atoms with Crippen molar-refractivity contribution in [3.8, 4) is 12.3 Å². The van der Waals surface area contributed by atoms with E-state index in [-0.39, 0.29) is 9.81 Å². The monoisotopic (exact) mass is 159 g/mol. The second-order valence-corrected chi connectivity index (χ2v) is 2.45. The summed E-state index contributed by atoms with van der Waals surface area (Å²) in [7, 11) is 0. The molecular formula is C5H5NOS2. The van der Waals surface area contributed by atoms with Crippen molar-refractivity contribution < 1.29 is 4.79 Å². The zero-order valence-corrected chi connectivity index (χ0v) is 6.25. The van der Waals surface area contributed by atoms with E-state index in [0.717, 1.165) is 0 Å². The molecule has 0 radical (unpaired) electrons. The van der Waals surface area contributed by atoms with Gasteiger partial charge in [0, 0.05) is 0 Å². The molecule has 0 fully saturated rings. The fourth-order valence-electron chi connectivity index (χ4n) is 0.246. The molecule has 9 heavy (non-hydrogen) atoms. The van der Waals surface area contributed by atoms with Gasteiger partial charge in [-0.2, -0.15) is 0 Å². The first-order chi connectivity index (χ1) is 4.09. The minimum Gasteiger partial charge on any atom is -0.365 e. The minimum absolute atomic E-state index is 0.00154. The van der Waals surface area contributed by atoms with Crippen LogP contribution in [0.1, 0.15) is 0 Å². The van der Waals surface area contributed by atoms with E-state index >= 15 is 0 Å². The number of primary amides is 1. The Kier molecular flexibility index (Phi) is 3.28. The molecule has 0 aliphatic rings. The Hall–Kier alpha value is -0.530. The van der Waals surface area contributed by atoms with Crippen LogP contribution in [0, 0.1) is 12.3 Å². The highest BCUT2D eigenvalue weighted by molar-refractivity contribution is 8.05. The maximum absolute atomic E-state index is 10.3. The van der Waals surface area contributed by atoms with Crippen molar-refractivity contribution in [2.75, 3.05) is 0 Å². The molecule has 0 saturated carbocycles. The van der Waals surface area contributed by atoms with Gasteiger partial charge in [-0.25, -0.2) is 0 Å². The third-order valence-corrected chi connectivity index (χ3v) is 1.06. The maximum Gasteiger partial charge on any atom is 0.258 e. The van der Waals surface area contributed by atoms with Gasteiger partial charge in [0.05, 0.1) is 4.24 Å². The Balaban J connectivity index is 4.62. The molecule has 0 rings (SSSR count). The van der Waals surface area contributed by atoms with Crippen LogP contribution in [0.5, 0.6) is 0 Å². The fourth-order valence-corrected chi connectivity index (χ4v) is 0.595. The highest BCUT2D eigenvalue weighted by Gasteiger charge is 2.02. The number of carbonyl (C=O) groups excluding carboxylic acids is 1. The smallest absolute Gasteiger partial charge is 0.258 e. The normalized spacial score (nSPS) is 7.67. The molecule has 0 unspecified atom stereocenters. The van der Waals surface area contributed by atoms with Crippen molar-refractivity contribution >= 4 is 31.2 Å². The van der Waals surface area contributed by atoms with Crippen molar-refractivity contribution in [2.45, 2.75) is 0 Å². The number of terminal acetylenes is 1. The third-order valence-electron chi connectivity index (χ3n) is 0.614. The van der Waals surface area contributed by atoms with Crippen LogP contribution < -0.4 is 5.73 Å². The summed E-state index contributed by atoms with van der Waals surface area (Å²) in [4.78, 5) is 10.3. The lowest BCUT2D eigenvalue weighted by atomic mass is 10.3. The molecule has 0 aromatic heterocycles. The van der Waals surface area contributed by atoms with Crippen LogP contribution in [0.4, 0.5) is 0 Å². The van der Waals surface area contributed by atoms with E-state index in [0.29, 0.717) is 0 Å². The van der Waals surface area contributed by atoms with Gasteiger partial charge < -0.3 is 5.73 Å². The fraction of sp³-hybridized carbons (Fsp3) is 0. The van der Waals surface area contributed by atoms with Crippen molar-refractivity contribution in [2.24, 2.45) is 5.73 Å². The lowest BCUT2D eigenvalue weighted by molar-refractivity contribution is -0.114. The van der Waals surface area contributed by atoms with E-state index in [1.807, 2.05) is 0 Å². The van der Waals surface area contributed by atoms with Gasteiger partial charge in [0.25, 0.3) is 5.91 Å².